The summed E-state index contributed by atoms with van der Waals surface area (Å²) in [4.78, 5) is 104. The molecule has 6 unspecified atom stereocenters. The number of halogens is 6. The maximum Gasteiger partial charge on any atom is 0.500 e. The first-order valence-corrected chi connectivity index (χ1v) is 43.4. The molecule has 4 aliphatic rings. The van der Waals surface area contributed by atoms with Crippen LogP contribution in [0.15, 0.2) is 121 Å². The van der Waals surface area contributed by atoms with E-state index in [1.54, 1.807) is 101 Å². The number of rotatable bonds is 30. The van der Waals surface area contributed by atoms with Crippen molar-refractivity contribution in [3.8, 4) is 46.0 Å². The average Bonchev–Trinajstić information content (AvgIpc) is 0.669. The molecule has 0 N–H and O–H groups in total. The zero-order valence-corrected chi connectivity index (χ0v) is 69.7. The fourth-order valence-corrected chi connectivity index (χ4v) is 22.0. The molecule has 20 nitrogen and oxygen atoms in total. The van der Waals surface area contributed by atoms with Gasteiger partial charge in [0, 0.05) is 123 Å². The first-order valence-electron chi connectivity index (χ1n) is 39.5. The predicted molar refractivity (Wildman–Crippen MR) is 430 cm³/mol. The van der Waals surface area contributed by atoms with Crippen LogP contribution in [0.25, 0.3) is 43.1 Å². The molecule has 9 aromatic rings. The van der Waals surface area contributed by atoms with Gasteiger partial charge in [-0.2, -0.15) is 26.3 Å². The number of hydrogen-bond acceptors (Lipinski definition) is 16. The predicted octanol–water partition coefficient (Wildman–Crippen LogP) is 20.2. The number of carbonyl (C=O) groups excluding carboxylic acids is 6. The van der Waals surface area contributed by atoms with Crippen molar-refractivity contribution in [2.24, 2.45) is 23.7 Å². The van der Waals surface area contributed by atoms with Crippen molar-refractivity contribution in [2.75, 3.05) is 55.7 Å². The van der Waals surface area contributed by atoms with Crippen molar-refractivity contribution >= 4 is 96.1 Å². The van der Waals surface area contributed by atoms with Crippen molar-refractivity contribution in [1.29, 1.82) is 0 Å². The zero-order valence-electron chi connectivity index (χ0n) is 67.7. The molecule has 13 rings (SSSR count). The van der Waals surface area contributed by atoms with Crippen molar-refractivity contribution in [3.05, 3.63) is 166 Å². The molecule has 0 spiro atoms. The lowest BCUT2D eigenvalue weighted by Gasteiger charge is -2.42. The van der Waals surface area contributed by atoms with E-state index in [0.717, 1.165) is 95.1 Å². The Labute approximate surface area is 672 Å². The summed E-state index contributed by atoms with van der Waals surface area (Å²) in [5, 5.41) is -0.0565. The summed E-state index contributed by atoms with van der Waals surface area (Å²) in [7, 11) is 3.03. The molecule has 6 atom stereocenters. The second kappa shape index (κ2) is 33.8. The highest BCUT2D eigenvalue weighted by atomic mass is 28.4. The Morgan fingerprint density at radius 1 is 0.414 bits per heavy atom. The van der Waals surface area contributed by atoms with Crippen LogP contribution < -0.4 is 18.9 Å². The van der Waals surface area contributed by atoms with Gasteiger partial charge in [-0.1, -0.05) is 88.8 Å². The van der Waals surface area contributed by atoms with Crippen LogP contribution in [-0.2, 0) is 48.5 Å². The SMILES string of the molecule is CCN(C(=O)C(CC(C)C)N1C(=O)c2cc(Oc3ccc(C)cc3)c3c4c(Oc5ccc(C)cc5)cc5c6c(cc(Oc7ccc(C(F)(F)F)cc7)c(c7c(Oc8ccc(C(F)(F)F)cc8)cc(c2c37)C1=O)c64)C(=O)N(C(CC(C)C)C(=O)N(CC)C1CCCC(C[Si](OC)(OC)OC)C1)C5=O)C1CCCC(C[Si](OC)(OC)OC)C1. The molecule has 0 bridgehead atoms. The first kappa shape index (κ1) is 84.4. The molecule has 28 heteroatoms. The van der Waals surface area contributed by atoms with Crippen LogP contribution >= 0.6 is 0 Å². The number of carbonyl (C=O) groups is 6. The fraction of sp³-hybridized carbons (Fsp3) is 0.432. The van der Waals surface area contributed by atoms with Gasteiger partial charge >= 0.3 is 30.0 Å². The first-order chi connectivity index (χ1) is 55.3. The lowest BCUT2D eigenvalue weighted by Crippen LogP contribution is -2.57. The highest BCUT2D eigenvalue weighted by molar-refractivity contribution is 6.61. The number of imide groups is 2. The van der Waals surface area contributed by atoms with Gasteiger partial charge in [0.05, 0.1) is 33.4 Å². The third-order valence-corrected chi connectivity index (χ3v) is 29.3. The number of alkyl halides is 6. The number of hydrogen-bond donors (Lipinski definition) is 0. The van der Waals surface area contributed by atoms with E-state index in [0.29, 0.717) is 37.8 Å². The summed E-state index contributed by atoms with van der Waals surface area (Å²) in [5.41, 5.74) is -1.16. The average molecular weight is 1640 g/mol. The maximum atomic E-state index is 16.7. The largest absolute Gasteiger partial charge is 0.500 e. The number of fused-ring (bicyclic) bond motifs is 2. The number of benzene rings is 9. The Kier molecular flexibility index (Phi) is 24.6. The second-order valence-electron chi connectivity index (χ2n) is 31.6. The third-order valence-electron chi connectivity index (χ3n) is 23.4. The Balaban J connectivity index is 1.12. The number of ether oxygens (including phenoxy) is 4. The van der Waals surface area contributed by atoms with Gasteiger partial charge in [0.15, 0.2) is 0 Å². The van der Waals surface area contributed by atoms with Crippen molar-refractivity contribution in [2.45, 2.75) is 168 Å². The van der Waals surface area contributed by atoms with Gasteiger partial charge < -0.3 is 55.3 Å². The molecule has 2 saturated carbocycles. The van der Waals surface area contributed by atoms with E-state index < -0.39 is 88.6 Å². The van der Waals surface area contributed by atoms with Crippen LogP contribution in [0, 0.1) is 37.5 Å². The van der Waals surface area contributed by atoms with E-state index >= 15 is 28.8 Å². The molecule has 0 saturated heterocycles. The molecular formula is C88H98F6N4O16Si2. The molecule has 2 aliphatic carbocycles. The number of likely N-dealkylation sites (N-methyl/N-ethyl adjacent to an activating group) is 2. The van der Waals surface area contributed by atoms with E-state index in [2.05, 4.69) is 0 Å². The summed E-state index contributed by atoms with van der Waals surface area (Å²) in [5.74, 6) is -6.15. The molecule has 116 heavy (non-hydrogen) atoms. The van der Waals surface area contributed by atoms with Gasteiger partial charge in [-0.25, -0.2) is 0 Å². The molecule has 616 valence electrons. The number of nitrogens with zero attached hydrogens (tertiary/aromatic N) is 4. The Morgan fingerprint density at radius 2 is 0.681 bits per heavy atom. The van der Waals surface area contributed by atoms with Crippen LogP contribution in [0.4, 0.5) is 26.3 Å². The van der Waals surface area contributed by atoms with Crippen molar-refractivity contribution in [3.63, 3.8) is 0 Å². The number of aryl methyl sites for hydroxylation is 2. The summed E-state index contributed by atoms with van der Waals surface area (Å²) < 4.78 is 151. The van der Waals surface area contributed by atoms with Gasteiger partial charge in [-0.3, -0.25) is 38.6 Å². The van der Waals surface area contributed by atoms with Crippen LogP contribution in [0.2, 0.25) is 12.1 Å². The fourth-order valence-electron chi connectivity index (χ4n) is 17.8. The highest BCUT2D eigenvalue weighted by Gasteiger charge is 2.51. The summed E-state index contributed by atoms with van der Waals surface area (Å²) in [6.07, 6.45) is -4.37. The third kappa shape index (κ3) is 16.2. The number of amides is 6. The topological polar surface area (TPSA) is 208 Å². The van der Waals surface area contributed by atoms with Crippen LogP contribution in [0.5, 0.6) is 46.0 Å². The van der Waals surface area contributed by atoms with Gasteiger partial charge in [0.2, 0.25) is 11.8 Å². The quantitative estimate of drug-likeness (QED) is 0.0135. The maximum absolute atomic E-state index is 16.7. The molecule has 9 aromatic carbocycles. The van der Waals surface area contributed by atoms with Gasteiger partial charge in [-0.05, 0) is 187 Å². The van der Waals surface area contributed by atoms with E-state index in [4.69, 9.17) is 45.5 Å². The van der Waals surface area contributed by atoms with Crippen LogP contribution in [-0.4, -0.2) is 153 Å². The van der Waals surface area contributed by atoms with Crippen molar-refractivity contribution < 1.29 is 101 Å². The summed E-state index contributed by atoms with van der Waals surface area (Å²) in [6.45, 7) is 15.3. The van der Waals surface area contributed by atoms with Crippen LogP contribution in [0.3, 0.4) is 0 Å². The molecular weight excluding hydrogens is 1540 g/mol. The lowest BCUT2D eigenvalue weighted by molar-refractivity contribution is -0.139. The lowest BCUT2D eigenvalue weighted by atomic mass is 9.80. The summed E-state index contributed by atoms with van der Waals surface area (Å²) in [6, 6.07) is 24.3. The minimum atomic E-state index is -4.82. The van der Waals surface area contributed by atoms with Crippen LogP contribution in [0.1, 0.15) is 169 Å². The highest BCUT2D eigenvalue weighted by Crippen LogP contribution is 2.59. The van der Waals surface area contributed by atoms with Crippen molar-refractivity contribution in [1.82, 2.24) is 19.6 Å². The van der Waals surface area contributed by atoms with Gasteiger partial charge in [-0.15, -0.1) is 0 Å². The van der Waals surface area contributed by atoms with E-state index in [9.17, 15) is 26.3 Å². The molecule has 2 heterocycles. The molecule has 2 fully saturated rings. The van der Waals surface area contributed by atoms with E-state index in [-0.39, 0.29) is 173 Å². The minimum Gasteiger partial charge on any atom is -0.457 e. The molecule has 0 aromatic heterocycles. The zero-order chi connectivity index (χ0) is 83.4. The molecule has 2 aliphatic heterocycles. The molecule has 6 amide bonds. The monoisotopic (exact) mass is 1640 g/mol. The molecule has 0 radical (unpaired) electrons. The van der Waals surface area contributed by atoms with E-state index in [1.165, 1.54) is 24.3 Å². The Bertz CT molecular complexity index is 4860. The van der Waals surface area contributed by atoms with Gasteiger partial charge in [0.1, 0.15) is 58.1 Å². The smallest absolute Gasteiger partial charge is 0.457 e. The normalized spacial score (nSPS) is 18.2. The van der Waals surface area contributed by atoms with Gasteiger partial charge in [0.25, 0.3) is 23.6 Å². The Hall–Kier alpha value is -9.53. The second-order valence-corrected chi connectivity index (χ2v) is 37.6. The van der Waals surface area contributed by atoms with E-state index in [1.807, 2.05) is 55.4 Å². The Morgan fingerprint density at radius 3 is 0.922 bits per heavy atom. The standard InChI is InChI=1S/C88H98F6N4O16Si2/c1-15-95(57-21-17-19-53(41-57)47-115(105-9,106-10)107-11)85(103)67(39-49(3)4)97-81(99)63-43-69(111-59-31-23-51(7)24-32-59)75-76-70(112-60-33-25-52(8)26-34-60)44-64-74-66(84(102)98(82(64)100)68(40-50(5)6)86(104)96(16-2)58-22-18-20-54(42-58)48-116(108-12,109-13)110-14)46-72(114-62-37-29-56(30-38-62)88(92,93)94)78(80(74)76)77-71(45-65(83(97)101)73(63)79(75)77)113-61-35-27-55(28-36-61)87(89,90)91/h23-38,43-46,49-50,53-54,57-58,67-68H,15-22,39-42,47-48H2,1-14H3. The summed E-state index contributed by atoms with van der Waals surface area (Å²) >= 11 is 0. The minimum absolute atomic E-state index is 0.000779.